The number of nitrogens with zero attached hydrogens (tertiary/aromatic N) is 1. The molecule has 1 aliphatic carbocycles. The summed E-state index contributed by atoms with van der Waals surface area (Å²) in [5, 5.41) is 8.66. The van der Waals surface area contributed by atoms with Gasteiger partial charge in [0.15, 0.2) is 0 Å². The summed E-state index contributed by atoms with van der Waals surface area (Å²) in [6, 6.07) is 5.73. The molecule has 1 aliphatic rings. The van der Waals surface area contributed by atoms with Gasteiger partial charge in [-0.15, -0.1) is 0 Å². The highest BCUT2D eigenvalue weighted by Crippen LogP contribution is 2.40. The van der Waals surface area contributed by atoms with Crippen molar-refractivity contribution >= 4 is 0 Å². The minimum atomic E-state index is -4.15. The average Bonchev–Trinajstić information content (AvgIpc) is 2.73. The Labute approximate surface area is 184 Å². The van der Waals surface area contributed by atoms with E-state index in [2.05, 4.69) is 23.8 Å². The number of alkyl halides is 2. The number of nitriles is 1. The van der Waals surface area contributed by atoms with E-state index in [1.54, 1.807) is 0 Å². The zero-order valence-electron chi connectivity index (χ0n) is 17.7. The molecular weight excluding hydrogens is 425 g/mol. The standard InChI is InChI=1S/C25H24F5NO/c1-2-3-4-5-16-6-8-17(9-7-16)18-10-11-21(24(28)12-18)25(29,30)32-19-13-22(26)20(15-31)23(27)14-19/h3-4,10-14,16-17H,2,5-9H2,1H3/b4-3-/t16-,17-. The predicted molar refractivity (Wildman–Crippen MR) is 111 cm³/mol. The first-order valence-corrected chi connectivity index (χ1v) is 10.7. The molecule has 0 amide bonds. The topological polar surface area (TPSA) is 33.0 Å². The van der Waals surface area contributed by atoms with Crippen LogP contribution in [0.5, 0.6) is 5.75 Å². The molecule has 2 aromatic carbocycles. The number of benzene rings is 2. The molecule has 0 aromatic heterocycles. The molecule has 7 heteroatoms. The first-order valence-electron chi connectivity index (χ1n) is 10.7. The number of ether oxygens (including phenoxy) is 1. The molecule has 170 valence electrons. The van der Waals surface area contributed by atoms with Crippen molar-refractivity contribution in [3.05, 3.63) is 76.6 Å². The van der Waals surface area contributed by atoms with Crippen molar-refractivity contribution in [3.8, 4) is 11.8 Å². The van der Waals surface area contributed by atoms with Crippen LogP contribution < -0.4 is 4.74 Å². The SMILES string of the molecule is CC/C=C\C[C@H]1CC[C@H](c2ccc(C(F)(F)Oc3cc(F)c(C#N)c(F)c3)c(F)c2)CC1. The number of hydrogen-bond donors (Lipinski definition) is 0. The van der Waals surface area contributed by atoms with Gasteiger partial charge >= 0.3 is 6.11 Å². The fraction of sp³-hybridized carbons (Fsp3) is 0.400. The quantitative estimate of drug-likeness (QED) is 0.320. The van der Waals surface area contributed by atoms with E-state index in [0.29, 0.717) is 23.6 Å². The van der Waals surface area contributed by atoms with Gasteiger partial charge < -0.3 is 4.74 Å². The molecule has 3 rings (SSSR count). The largest absolute Gasteiger partial charge is 0.429 e. The number of halogens is 5. The first kappa shape index (κ1) is 23.8. The molecule has 0 radical (unpaired) electrons. The number of rotatable bonds is 7. The van der Waals surface area contributed by atoms with E-state index >= 15 is 0 Å². The Balaban J connectivity index is 1.71. The highest BCUT2D eigenvalue weighted by atomic mass is 19.3. The lowest BCUT2D eigenvalue weighted by Crippen LogP contribution is -2.24. The van der Waals surface area contributed by atoms with Crippen molar-refractivity contribution in [3.63, 3.8) is 0 Å². The van der Waals surface area contributed by atoms with E-state index in [9.17, 15) is 22.0 Å². The smallest absolute Gasteiger partial charge is 0.429 e. The minimum Gasteiger partial charge on any atom is -0.429 e. The maximum atomic E-state index is 14.6. The van der Waals surface area contributed by atoms with E-state index in [0.717, 1.165) is 50.7 Å². The summed E-state index contributed by atoms with van der Waals surface area (Å²) >= 11 is 0. The molecule has 1 fully saturated rings. The molecule has 0 spiro atoms. The summed E-state index contributed by atoms with van der Waals surface area (Å²) in [4.78, 5) is 0. The molecule has 0 N–H and O–H groups in total. The van der Waals surface area contributed by atoms with E-state index in [1.807, 2.05) is 0 Å². The van der Waals surface area contributed by atoms with Crippen molar-refractivity contribution in [2.24, 2.45) is 5.92 Å². The molecule has 32 heavy (non-hydrogen) atoms. The summed E-state index contributed by atoms with van der Waals surface area (Å²) in [6.07, 6.45) is 5.92. The Bertz CT molecular complexity index is 996. The van der Waals surface area contributed by atoms with Crippen LogP contribution >= 0.6 is 0 Å². The highest BCUT2D eigenvalue weighted by Gasteiger charge is 2.38. The van der Waals surface area contributed by atoms with Gasteiger partial charge in [0.25, 0.3) is 0 Å². The zero-order valence-corrected chi connectivity index (χ0v) is 17.7. The van der Waals surface area contributed by atoms with Crippen molar-refractivity contribution in [2.75, 3.05) is 0 Å². The second kappa shape index (κ2) is 10.2. The van der Waals surface area contributed by atoms with Gasteiger partial charge in [-0.2, -0.15) is 14.0 Å². The summed E-state index contributed by atoms with van der Waals surface area (Å²) in [6.45, 7) is 2.08. The molecule has 0 unspecified atom stereocenters. The lowest BCUT2D eigenvalue weighted by Gasteiger charge is -2.28. The maximum absolute atomic E-state index is 14.6. The second-order valence-corrected chi connectivity index (χ2v) is 8.06. The fourth-order valence-corrected chi connectivity index (χ4v) is 4.13. The van der Waals surface area contributed by atoms with Crippen LogP contribution in [0.25, 0.3) is 0 Å². The molecule has 2 aromatic rings. The average molecular weight is 449 g/mol. The summed E-state index contributed by atoms with van der Waals surface area (Å²) in [7, 11) is 0. The van der Waals surface area contributed by atoms with Crippen LogP contribution in [-0.4, -0.2) is 0 Å². The van der Waals surface area contributed by atoms with Gasteiger partial charge in [-0.25, -0.2) is 13.2 Å². The van der Waals surface area contributed by atoms with Crippen LogP contribution in [0.15, 0.2) is 42.5 Å². The predicted octanol–water partition coefficient (Wildman–Crippen LogP) is 7.73. The maximum Gasteiger partial charge on any atom is 0.429 e. The Kier molecular flexibility index (Phi) is 7.55. The van der Waals surface area contributed by atoms with Crippen LogP contribution in [0.2, 0.25) is 0 Å². The van der Waals surface area contributed by atoms with Crippen LogP contribution in [0.1, 0.15) is 68.1 Å². The Morgan fingerprint density at radius 1 is 1.00 bits per heavy atom. The second-order valence-electron chi connectivity index (χ2n) is 8.06. The number of hydrogen-bond acceptors (Lipinski definition) is 2. The monoisotopic (exact) mass is 449 g/mol. The molecule has 0 bridgehead atoms. The minimum absolute atomic E-state index is 0.0983. The summed E-state index contributed by atoms with van der Waals surface area (Å²) in [5.41, 5.74) is -1.28. The molecule has 2 nitrogen and oxygen atoms in total. The zero-order chi connectivity index (χ0) is 23.3. The van der Waals surface area contributed by atoms with Gasteiger partial charge in [-0.05, 0) is 68.1 Å². The third-order valence-corrected chi connectivity index (χ3v) is 5.87. The Morgan fingerprint density at radius 3 is 2.22 bits per heavy atom. The van der Waals surface area contributed by atoms with Gasteiger partial charge in [0.1, 0.15) is 34.8 Å². The van der Waals surface area contributed by atoms with Gasteiger partial charge in [-0.3, -0.25) is 0 Å². The highest BCUT2D eigenvalue weighted by molar-refractivity contribution is 5.38. The molecule has 0 aliphatic heterocycles. The van der Waals surface area contributed by atoms with Gasteiger partial charge in [0.05, 0.1) is 5.56 Å². The molecular formula is C25H24F5NO. The third-order valence-electron chi connectivity index (χ3n) is 5.87. The van der Waals surface area contributed by atoms with Crippen LogP contribution in [0, 0.1) is 34.7 Å². The van der Waals surface area contributed by atoms with E-state index in [-0.39, 0.29) is 5.92 Å². The van der Waals surface area contributed by atoms with E-state index < -0.39 is 40.4 Å². The molecule has 0 heterocycles. The molecule has 0 atom stereocenters. The van der Waals surface area contributed by atoms with Crippen molar-refractivity contribution < 1.29 is 26.7 Å². The van der Waals surface area contributed by atoms with Crippen molar-refractivity contribution in [1.82, 2.24) is 0 Å². The lowest BCUT2D eigenvalue weighted by atomic mass is 9.77. The van der Waals surface area contributed by atoms with Gasteiger partial charge in [-0.1, -0.05) is 25.1 Å². The van der Waals surface area contributed by atoms with Gasteiger partial charge in [0.2, 0.25) is 0 Å². The summed E-state index contributed by atoms with van der Waals surface area (Å²) < 4.78 is 75.4. The van der Waals surface area contributed by atoms with E-state index in [4.69, 9.17) is 5.26 Å². The van der Waals surface area contributed by atoms with Crippen LogP contribution in [0.4, 0.5) is 22.0 Å². The third kappa shape index (κ3) is 5.48. The molecule has 1 saturated carbocycles. The summed E-state index contributed by atoms with van der Waals surface area (Å²) in [5.74, 6) is -3.98. The molecule has 0 saturated heterocycles. The van der Waals surface area contributed by atoms with Crippen molar-refractivity contribution in [1.29, 1.82) is 5.26 Å². The lowest BCUT2D eigenvalue weighted by molar-refractivity contribution is -0.187. The van der Waals surface area contributed by atoms with Gasteiger partial charge in [0, 0.05) is 12.1 Å². The first-order chi connectivity index (χ1) is 15.2. The van der Waals surface area contributed by atoms with Crippen LogP contribution in [-0.2, 0) is 6.11 Å². The van der Waals surface area contributed by atoms with Crippen molar-refractivity contribution in [2.45, 2.75) is 57.5 Å². The normalized spacial score (nSPS) is 19.2. The van der Waals surface area contributed by atoms with E-state index in [1.165, 1.54) is 12.1 Å². The Morgan fingerprint density at radius 2 is 1.66 bits per heavy atom. The Hall–Kier alpha value is -2.88. The van der Waals surface area contributed by atoms with Crippen LogP contribution in [0.3, 0.4) is 0 Å². The fourth-order valence-electron chi connectivity index (χ4n) is 4.13. The number of allylic oxidation sites excluding steroid dienone is 2.